The van der Waals surface area contributed by atoms with Crippen molar-refractivity contribution in [3.05, 3.63) is 18.2 Å². The first-order valence-corrected chi connectivity index (χ1v) is 6.35. The van der Waals surface area contributed by atoms with Gasteiger partial charge in [-0.3, -0.25) is 0 Å². The van der Waals surface area contributed by atoms with Crippen molar-refractivity contribution in [3.63, 3.8) is 0 Å². The molecule has 0 fully saturated rings. The van der Waals surface area contributed by atoms with Gasteiger partial charge in [0.25, 0.3) is 0 Å². The molecule has 100 valence electrons. The minimum atomic E-state index is 0.698. The summed E-state index contributed by atoms with van der Waals surface area (Å²) in [6, 6.07) is 5.59. The maximum atomic E-state index is 5.35. The number of methoxy groups -OCH3 is 2. The first kappa shape index (κ1) is 14.6. The van der Waals surface area contributed by atoms with Crippen molar-refractivity contribution in [3.8, 4) is 11.5 Å². The summed E-state index contributed by atoms with van der Waals surface area (Å²) in [7, 11) is 3.25. The van der Waals surface area contributed by atoms with Gasteiger partial charge in [0.1, 0.15) is 11.5 Å². The van der Waals surface area contributed by atoms with Gasteiger partial charge in [-0.1, -0.05) is 0 Å². The third kappa shape index (κ3) is 3.50. The number of anilines is 1. The van der Waals surface area contributed by atoms with E-state index in [-0.39, 0.29) is 0 Å². The van der Waals surface area contributed by atoms with E-state index in [2.05, 4.69) is 24.1 Å². The number of thiocarbonyl (C=S) groups is 1. The van der Waals surface area contributed by atoms with Crippen LogP contribution in [0.25, 0.3) is 0 Å². The Morgan fingerprint density at radius 2 is 1.89 bits per heavy atom. The van der Waals surface area contributed by atoms with Gasteiger partial charge in [-0.05, 0) is 38.2 Å². The van der Waals surface area contributed by atoms with Gasteiger partial charge in [-0.25, -0.2) is 0 Å². The van der Waals surface area contributed by atoms with Crippen molar-refractivity contribution >= 4 is 23.0 Å². The van der Waals surface area contributed by atoms with E-state index in [4.69, 9.17) is 21.7 Å². The maximum Gasteiger partial charge on any atom is 0.173 e. The third-order valence-electron chi connectivity index (χ3n) is 2.70. The summed E-state index contributed by atoms with van der Waals surface area (Å²) in [6.07, 6.45) is 0. The number of benzene rings is 1. The van der Waals surface area contributed by atoms with E-state index in [1.807, 2.05) is 18.2 Å². The molecule has 0 bridgehead atoms. The van der Waals surface area contributed by atoms with Crippen molar-refractivity contribution in [1.82, 2.24) is 4.90 Å². The number of rotatable bonds is 5. The van der Waals surface area contributed by atoms with Gasteiger partial charge in [0.15, 0.2) is 5.11 Å². The van der Waals surface area contributed by atoms with Gasteiger partial charge in [-0.15, -0.1) is 0 Å². The van der Waals surface area contributed by atoms with E-state index in [9.17, 15) is 0 Å². The molecule has 0 radical (unpaired) electrons. The van der Waals surface area contributed by atoms with Crippen LogP contribution in [0, 0.1) is 0 Å². The van der Waals surface area contributed by atoms with Gasteiger partial charge in [0.2, 0.25) is 0 Å². The van der Waals surface area contributed by atoms with E-state index in [0.29, 0.717) is 10.9 Å². The molecule has 0 aliphatic carbocycles. The lowest BCUT2D eigenvalue weighted by atomic mass is 10.2. The number of hydrogen-bond acceptors (Lipinski definition) is 3. The number of nitrogens with zero attached hydrogens (tertiary/aromatic N) is 1. The Morgan fingerprint density at radius 3 is 2.39 bits per heavy atom. The first-order valence-electron chi connectivity index (χ1n) is 5.94. The molecule has 5 heteroatoms. The quantitative estimate of drug-likeness (QED) is 0.830. The maximum absolute atomic E-state index is 5.35. The van der Waals surface area contributed by atoms with Gasteiger partial charge >= 0.3 is 0 Å². The van der Waals surface area contributed by atoms with Crippen LogP contribution in [0.4, 0.5) is 5.69 Å². The lowest BCUT2D eigenvalue weighted by Gasteiger charge is -2.23. The largest absolute Gasteiger partial charge is 0.497 e. The fourth-order valence-corrected chi connectivity index (χ4v) is 1.98. The highest BCUT2D eigenvalue weighted by Gasteiger charge is 2.09. The average Bonchev–Trinajstić information content (AvgIpc) is 2.40. The Hall–Kier alpha value is -1.49. The SMILES string of the molecule is CCN(CC)C(=S)Nc1ccc(OC)cc1OC. The topological polar surface area (TPSA) is 33.7 Å². The molecule has 0 aromatic heterocycles. The molecule has 1 aromatic carbocycles. The van der Waals surface area contributed by atoms with Crippen LogP contribution >= 0.6 is 12.2 Å². The summed E-state index contributed by atoms with van der Waals surface area (Å²) in [6.45, 7) is 5.90. The molecule has 0 aliphatic rings. The normalized spacial score (nSPS) is 9.78. The van der Waals surface area contributed by atoms with E-state index in [1.54, 1.807) is 14.2 Å². The molecular formula is C13H20N2O2S. The van der Waals surface area contributed by atoms with Crippen LogP contribution in [0.15, 0.2) is 18.2 Å². The van der Waals surface area contributed by atoms with Crippen LogP contribution in [0.5, 0.6) is 11.5 Å². The Morgan fingerprint density at radius 1 is 1.22 bits per heavy atom. The van der Waals surface area contributed by atoms with Gasteiger partial charge in [0.05, 0.1) is 19.9 Å². The van der Waals surface area contributed by atoms with Gasteiger partial charge in [-0.2, -0.15) is 0 Å². The highest BCUT2D eigenvalue weighted by Crippen LogP contribution is 2.29. The molecule has 0 amide bonds. The Bertz CT molecular complexity index is 406. The predicted octanol–water partition coefficient (Wildman–Crippen LogP) is 2.74. The lowest BCUT2D eigenvalue weighted by Crippen LogP contribution is -2.34. The third-order valence-corrected chi connectivity index (χ3v) is 3.06. The van der Waals surface area contributed by atoms with Crippen molar-refractivity contribution in [2.24, 2.45) is 0 Å². The minimum Gasteiger partial charge on any atom is -0.497 e. The summed E-state index contributed by atoms with van der Waals surface area (Å²) in [5.41, 5.74) is 0.843. The second kappa shape index (κ2) is 7.06. The molecule has 0 spiro atoms. The molecule has 0 aliphatic heterocycles. The summed E-state index contributed by atoms with van der Waals surface area (Å²) < 4.78 is 10.5. The molecule has 1 N–H and O–H groups in total. The summed E-state index contributed by atoms with van der Waals surface area (Å²) in [5.74, 6) is 1.47. The van der Waals surface area contributed by atoms with E-state index >= 15 is 0 Å². The van der Waals surface area contributed by atoms with E-state index < -0.39 is 0 Å². The summed E-state index contributed by atoms with van der Waals surface area (Å²) in [4.78, 5) is 2.07. The smallest absolute Gasteiger partial charge is 0.173 e. The van der Waals surface area contributed by atoms with Crippen molar-refractivity contribution in [2.45, 2.75) is 13.8 Å². The zero-order valence-corrected chi connectivity index (χ0v) is 12.1. The number of ether oxygens (including phenoxy) is 2. The fourth-order valence-electron chi connectivity index (χ4n) is 1.61. The predicted molar refractivity (Wildman–Crippen MR) is 78.7 cm³/mol. The Labute approximate surface area is 114 Å². The molecule has 0 heterocycles. The molecule has 1 rings (SSSR count). The van der Waals surface area contributed by atoms with E-state index in [0.717, 1.165) is 24.5 Å². The van der Waals surface area contributed by atoms with Crippen LogP contribution in [0.3, 0.4) is 0 Å². The fraction of sp³-hybridized carbons (Fsp3) is 0.462. The zero-order chi connectivity index (χ0) is 13.5. The minimum absolute atomic E-state index is 0.698. The highest BCUT2D eigenvalue weighted by molar-refractivity contribution is 7.80. The van der Waals surface area contributed by atoms with Crippen molar-refractivity contribution in [2.75, 3.05) is 32.6 Å². The Balaban J connectivity index is 2.86. The first-order chi connectivity index (χ1) is 8.65. The van der Waals surface area contributed by atoms with Crippen molar-refractivity contribution < 1.29 is 9.47 Å². The molecule has 18 heavy (non-hydrogen) atoms. The average molecular weight is 268 g/mol. The van der Waals surface area contributed by atoms with Crippen LogP contribution < -0.4 is 14.8 Å². The van der Waals surface area contributed by atoms with Crippen LogP contribution in [-0.4, -0.2) is 37.3 Å². The van der Waals surface area contributed by atoms with Crippen LogP contribution in [0.2, 0.25) is 0 Å². The lowest BCUT2D eigenvalue weighted by molar-refractivity contribution is 0.395. The molecule has 4 nitrogen and oxygen atoms in total. The van der Waals surface area contributed by atoms with Crippen molar-refractivity contribution in [1.29, 1.82) is 0 Å². The second-order valence-electron chi connectivity index (χ2n) is 3.67. The van der Waals surface area contributed by atoms with Gasteiger partial charge in [0, 0.05) is 19.2 Å². The Kier molecular flexibility index (Phi) is 5.71. The second-order valence-corrected chi connectivity index (χ2v) is 4.06. The van der Waals surface area contributed by atoms with Crippen LogP contribution in [0.1, 0.15) is 13.8 Å². The molecule has 0 unspecified atom stereocenters. The molecular weight excluding hydrogens is 248 g/mol. The van der Waals surface area contributed by atoms with Gasteiger partial charge < -0.3 is 19.7 Å². The van der Waals surface area contributed by atoms with Crippen LogP contribution in [-0.2, 0) is 0 Å². The summed E-state index contributed by atoms with van der Waals surface area (Å²) >= 11 is 5.35. The number of hydrogen-bond donors (Lipinski definition) is 1. The molecule has 0 saturated heterocycles. The molecule has 0 atom stereocenters. The zero-order valence-electron chi connectivity index (χ0n) is 11.3. The highest BCUT2D eigenvalue weighted by atomic mass is 32.1. The van der Waals surface area contributed by atoms with E-state index in [1.165, 1.54) is 0 Å². The number of nitrogens with one attached hydrogen (secondary N) is 1. The summed E-state index contributed by atoms with van der Waals surface area (Å²) in [5, 5.41) is 3.89. The monoisotopic (exact) mass is 268 g/mol. The molecule has 0 saturated carbocycles. The molecule has 1 aromatic rings. The standard InChI is InChI=1S/C13H20N2O2S/c1-5-15(6-2)13(18)14-11-8-7-10(16-3)9-12(11)17-4/h7-9H,5-6H2,1-4H3,(H,14,18).